The second-order valence-corrected chi connectivity index (χ2v) is 9.04. The van der Waals surface area contributed by atoms with Gasteiger partial charge in [0.25, 0.3) is 0 Å². The number of hydrogen-bond acceptors (Lipinski definition) is 3. The molecule has 1 saturated heterocycles. The van der Waals surface area contributed by atoms with Gasteiger partial charge in [-0.05, 0) is 33.4 Å². The number of hydrogen-bond donors (Lipinski definition) is 1. The number of benzene rings is 3. The molecule has 1 fully saturated rings. The van der Waals surface area contributed by atoms with E-state index in [-0.39, 0.29) is 11.6 Å². The van der Waals surface area contributed by atoms with Crippen molar-refractivity contribution in [2.45, 2.75) is 32.1 Å². The highest BCUT2D eigenvalue weighted by Gasteiger charge is 2.28. The molecule has 1 unspecified atom stereocenters. The molecule has 3 aromatic carbocycles. The summed E-state index contributed by atoms with van der Waals surface area (Å²) in [5, 5.41) is 5.91. The van der Waals surface area contributed by atoms with E-state index in [1.165, 1.54) is 16.3 Å². The summed E-state index contributed by atoms with van der Waals surface area (Å²) < 4.78 is 37.8. The van der Waals surface area contributed by atoms with Crippen molar-refractivity contribution < 1.29 is 13.2 Å². The number of aliphatic imine (C=N–C) groups is 1. The van der Waals surface area contributed by atoms with Crippen LogP contribution in [0.2, 0.25) is 0 Å². The molecule has 6 heteroatoms. The lowest BCUT2D eigenvalue weighted by atomic mass is 9.96. The van der Waals surface area contributed by atoms with Gasteiger partial charge in [0.1, 0.15) is 5.84 Å². The summed E-state index contributed by atoms with van der Waals surface area (Å²) in [7, 11) is 0. The molecular formula is C26H26F3N3. The summed E-state index contributed by atoms with van der Waals surface area (Å²) in [6.45, 7) is 6.09. The molecule has 1 atom stereocenters. The van der Waals surface area contributed by atoms with Crippen LogP contribution in [-0.2, 0) is 13.0 Å². The minimum absolute atomic E-state index is 0.0362. The molecule has 3 aromatic rings. The predicted octanol–water partition coefficient (Wildman–Crippen LogP) is 5.49. The molecule has 1 N–H and O–H groups in total. The lowest BCUT2D eigenvalue weighted by Gasteiger charge is -2.37. The average Bonchev–Trinajstić information content (AvgIpc) is 3.22. The molecule has 0 bridgehead atoms. The third-order valence-corrected chi connectivity index (χ3v) is 6.33. The lowest BCUT2D eigenvalue weighted by Crippen LogP contribution is -2.44. The Bertz CT molecular complexity index is 1150. The maximum absolute atomic E-state index is 12.6. The Morgan fingerprint density at radius 3 is 2.38 bits per heavy atom. The second kappa shape index (κ2) is 8.24. The predicted molar refractivity (Wildman–Crippen MR) is 122 cm³/mol. The Morgan fingerprint density at radius 1 is 0.969 bits per heavy atom. The van der Waals surface area contributed by atoms with E-state index in [1.807, 2.05) is 6.07 Å². The highest BCUT2D eigenvalue weighted by Crippen LogP contribution is 2.29. The van der Waals surface area contributed by atoms with Crippen molar-refractivity contribution in [3.8, 4) is 0 Å². The largest absolute Gasteiger partial charge is 0.393 e. The topological polar surface area (TPSA) is 27.6 Å². The van der Waals surface area contributed by atoms with Gasteiger partial charge in [-0.3, -0.25) is 9.89 Å². The number of likely N-dealkylation sites (tertiary alicyclic amines) is 1. The molecule has 3 nitrogen and oxygen atoms in total. The van der Waals surface area contributed by atoms with Crippen LogP contribution in [0.15, 0.2) is 65.7 Å². The normalized spacial score (nSPS) is 19.6. The van der Waals surface area contributed by atoms with E-state index in [9.17, 15) is 13.2 Å². The minimum atomic E-state index is -4.19. The van der Waals surface area contributed by atoms with Crippen LogP contribution in [0, 0.1) is 5.92 Å². The quantitative estimate of drug-likeness (QED) is 0.572. The van der Waals surface area contributed by atoms with E-state index >= 15 is 0 Å². The van der Waals surface area contributed by atoms with Crippen LogP contribution in [0.1, 0.15) is 35.2 Å². The summed E-state index contributed by atoms with van der Waals surface area (Å²) in [5.41, 5.74) is 3.62. The maximum Gasteiger partial charge on any atom is 0.393 e. The van der Waals surface area contributed by atoms with E-state index in [0.717, 1.165) is 42.5 Å². The van der Waals surface area contributed by atoms with Gasteiger partial charge in [-0.2, -0.15) is 13.2 Å². The number of alkyl halides is 3. The number of fused-ring (bicyclic) bond motifs is 1. The van der Waals surface area contributed by atoms with Crippen LogP contribution in [0.5, 0.6) is 0 Å². The van der Waals surface area contributed by atoms with Crippen molar-refractivity contribution in [2.75, 3.05) is 19.6 Å². The average molecular weight is 438 g/mol. The maximum atomic E-state index is 12.6. The van der Waals surface area contributed by atoms with Gasteiger partial charge < -0.3 is 5.32 Å². The molecule has 0 saturated carbocycles. The molecule has 166 valence electrons. The smallest absolute Gasteiger partial charge is 0.361 e. The molecule has 5 rings (SSSR count). The van der Waals surface area contributed by atoms with Crippen LogP contribution in [0.3, 0.4) is 0 Å². The van der Waals surface area contributed by atoms with Gasteiger partial charge in [0.15, 0.2) is 0 Å². The molecule has 0 aliphatic carbocycles. The van der Waals surface area contributed by atoms with E-state index in [1.54, 1.807) is 24.3 Å². The zero-order valence-corrected chi connectivity index (χ0v) is 18.0. The Hall–Kier alpha value is -2.86. The number of halogens is 3. The van der Waals surface area contributed by atoms with Crippen LogP contribution in [0.4, 0.5) is 13.2 Å². The van der Waals surface area contributed by atoms with Gasteiger partial charge in [-0.15, -0.1) is 0 Å². The molecule has 0 amide bonds. The first-order valence-corrected chi connectivity index (χ1v) is 11.1. The van der Waals surface area contributed by atoms with Gasteiger partial charge in [-0.1, -0.05) is 67.6 Å². The molecule has 0 radical (unpaired) electrons. The number of nitrogens with zero attached hydrogens (tertiary/aromatic N) is 2. The first-order chi connectivity index (χ1) is 15.4. The van der Waals surface area contributed by atoms with Crippen LogP contribution < -0.4 is 5.32 Å². The van der Waals surface area contributed by atoms with Crippen molar-refractivity contribution in [1.82, 2.24) is 10.2 Å². The fraction of sp³-hybridized carbons (Fsp3) is 0.346. The van der Waals surface area contributed by atoms with Gasteiger partial charge in [0, 0.05) is 25.2 Å². The minimum Gasteiger partial charge on any atom is -0.361 e. The highest BCUT2D eigenvalue weighted by molar-refractivity contribution is 6.11. The zero-order chi connectivity index (χ0) is 22.3. The molecule has 0 spiro atoms. The third-order valence-electron chi connectivity index (χ3n) is 6.33. The van der Waals surface area contributed by atoms with Gasteiger partial charge in [-0.25, -0.2) is 0 Å². The number of amidine groups is 1. The molecule has 0 aromatic heterocycles. The zero-order valence-electron chi connectivity index (χ0n) is 18.0. The Balaban J connectivity index is 1.34. The van der Waals surface area contributed by atoms with Crippen molar-refractivity contribution in [1.29, 1.82) is 0 Å². The summed E-state index contributed by atoms with van der Waals surface area (Å²) in [6.07, 6.45) is -5.09. The van der Waals surface area contributed by atoms with Crippen LogP contribution >= 0.6 is 0 Å². The van der Waals surface area contributed by atoms with Crippen molar-refractivity contribution in [2.24, 2.45) is 10.9 Å². The Morgan fingerprint density at radius 2 is 1.69 bits per heavy atom. The summed E-state index contributed by atoms with van der Waals surface area (Å²) in [5.74, 6) is 1.62. The molecular weight excluding hydrogens is 411 g/mol. The van der Waals surface area contributed by atoms with Crippen LogP contribution in [-0.4, -0.2) is 36.5 Å². The molecule has 2 heterocycles. The van der Waals surface area contributed by atoms with E-state index < -0.39 is 12.6 Å². The van der Waals surface area contributed by atoms with Crippen molar-refractivity contribution in [3.05, 3.63) is 82.9 Å². The fourth-order valence-corrected chi connectivity index (χ4v) is 4.79. The van der Waals surface area contributed by atoms with Crippen molar-refractivity contribution in [3.63, 3.8) is 0 Å². The van der Waals surface area contributed by atoms with Crippen molar-refractivity contribution >= 4 is 16.6 Å². The molecule has 32 heavy (non-hydrogen) atoms. The van der Waals surface area contributed by atoms with Crippen LogP contribution in [0.25, 0.3) is 10.8 Å². The van der Waals surface area contributed by atoms with E-state index in [4.69, 9.17) is 4.99 Å². The van der Waals surface area contributed by atoms with Gasteiger partial charge >= 0.3 is 6.18 Å². The third kappa shape index (κ3) is 4.37. The number of rotatable bonds is 5. The summed E-state index contributed by atoms with van der Waals surface area (Å²) >= 11 is 0. The first-order valence-electron chi connectivity index (χ1n) is 11.1. The number of nitrogens with one attached hydrogen (secondary N) is 1. The van der Waals surface area contributed by atoms with E-state index in [0.29, 0.717) is 6.54 Å². The molecule has 2 aliphatic rings. The SMILES string of the molecule is CC1CN(Cc2ccc(C3=NCC(c4ccc(CC(F)(F)F)cc4)N3)c3ccccc23)C1. The monoisotopic (exact) mass is 437 g/mol. The first kappa shape index (κ1) is 21.0. The van der Waals surface area contributed by atoms with Gasteiger partial charge in [0.2, 0.25) is 0 Å². The Labute approximate surface area is 186 Å². The second-order valence-electron chi connectivity index (χ2n) is 9.04. The Kier molecular flexibility index (Phi) is 5.41. The molecule has 2 aliphatic heterocycles. The summed E-state index contributed by atoms with van der Waals surface area (Å²) in [6, 6.07) is 19.4. The van der Waals surface area contributed by atoms with Gasteiger partial charge in [0.05, 0.1) is 19.0 Å². The summed E-state index contributed by atoms with van der Waals surface area (Å²) in [4.78, 5) is 7.21. The highest BCUT2D eigenvalue weighted by atomic mass is 19.4. The van der Waals surface area contributed by atoms with E-state index in [2.05, 4.69) is 47.5 Å². The lowest BCUT2D eigenvalue weighted by molar-refractivity contribution is -0.127. The fourth-order valence-electron chi connectivity index (χ4n) is 4.79. The standard InChI is InChI=1S/C26H26F3N3/c1-17-14-32(15-17)16-20-10-11-23(22-5-3-2-4-21(20)22)25-30-13-24(31-25)19-8-6-18(7-9-19)12-26(27,28)29/h2-11,17,24H,12-16H2,1H3,(H,30,31).